The smallest absolute Gasteiger partial charge is 0.0473 e. The first-order valence-electron chi connectivity index (χ1n) is 3.37. The van der Waals surface area contributed by atoms with Crippen LogP contribution in [0.3, 0.4) is 0 Å². The zero-order valence-electron chi connectivity index (χ0n) is 6.49. The summed E-state index contributed by atoms with van der Waals surface area (Å²) in [5.41, 5.74) is 7.18. The molecule has 2 nitrogen and oxygen atoms in total. The van der Waals surface area contributed by atoms with E-state index in [9.17, 15) is 0 Å². The SMILES string of the molecule is Nc1cnc2c[c-]ccc2c1.[Y]. The first kappa shape index (κ1) is 9.62. The fraction of sp³-hybridized carbons (Fsp3) is 0. The van der Waals surface area contributed by atoms with E-state index in [4.69, 9.17) is 5.73 Å². The third-order valence-corrected chi connectivity index (χ3v) is 1.55. The summed E-state index contributed by atoms with van der Waals surface area (Å²) in [6.45, 7) is 0. The number of fused-ring (bicyclic) bond motifs is 1. The van der Waals surface area contributed by atoms with E-state index >= 15 is 0 Å². The number of rotatable bonds is 0. The zero-order valence-corrected chi connectivity index (χ0v) is 9.33. The molecular weight excluding hydrogens is 225 g/mol. The Hall–Kier alpha value is -0.466. The third kappa shape index (κ3) is 1.82. The van der Waals surface area contributed by atoms with Crippen molar-refractivity contribution in [3.05, 3.63) is 36.5 Å². The molecule has 1 heterocycles. The second-order valence-corrected chi connectivity index (χ2v) is 2.39. The van der Waals surface area contributed by atoms with Crippen LogP contribution in [0.5, 0.6) is 0 Å². The molecule has 0 amide bonds. The van der Waals surface area contributed by atoms with Gasteiger partial charge in [0.05, 0.1) is 0 Å². The molecule has 0 bridgehead atoms. The van der Waals surface area contributed by atoms with Crippen molar-refractivity contribution in [2.45, 2.75) is 0 Å². The Morgan fingerprint density at radius 3 is 3.08 bits per heavy atom. The number of benzene rings is 1. The van der Waals surface area contributed by atoms with Crippen molar-refractivity contribution in [1.29, 1.82) is 0 Å². The molecule has 0 saturated heterocycles. The van der Waals surface area contributed by atoms with Crippen LogP contribution in [0.2, 0.25) is 0 Å². The predicted molar refractivity (Wildman–Crippen MR) is 45.0 cm³/mol. The van der Waals surface area contributed by atoms with Gasteiger partial charge in [0.15, 0.2) is 0 Å². The van der Waals surface area contributed by atoms with Gasteiger partial charge >= 0.3 is 0 Å². The average Bonchev–Trinajstić information content (AvgIpc) is 2.04. The number of nitrogen functional groups attached to an aromatic ring is 1. The standard InChI is InChI=1S/C9H7N2.Y/c10-8-5-7-3-1-2-4-9(7)11-6-8;/h1,3-6H,10H2;/q-1;. The largest absolute Gasteiger partial charge is 0.398 e. The van der Waals surface area contributed by atoms with Crippen molar-refractivity contribution in [3.63, 3.8) is 0 Å². The molecule has 2 N–H and O–H groups in total. The summed E-state index contributed by atoms with van der Waals surface area (Å²) in [5, 5.41) is 1.06. The van der Waals surface area contributed by atoms with Gasteiger partial charge in [-0.3, -0.25) is 0 Å². The van der Waals surface area contributed by atoms with Crippen molar-refractivity contribution < 1.29 is 32.7 Å². The van der Waals surface area contributed by atoms with Gasteiger partial charge < -0.3 is 10.7 Å². The number of anilines is 1. The molecule has 1 aromatic heterocycles. The van der Waals surface area contributed by atoms with Crippen LogP contribution < -0.4 is 5.73 Å². The van der Waals surface area contributed by atoms with Crippen LogP contribution in [0.1, 0.15) is 0 Å². The summed E-state index contributed by atoms with van der Waals surface area (Å²) in [5.74, 6) is 0. The van der Waals surface area contributed by atoms with Gasteiger partial charge in [-0.25, -0.2) is 0 Å². The Kier molecular flexibility index (Phi) is 3.18. The number of hydrogen-bond acceptors (Lipinski definition) is 2. The van der Waals surface area contributed by atoms with E-state index in [1.165, 1.54) is 0 Å². The van der Waals surface area contributed by atoms with Crippen LogP contribution in [-0.2, 0) is 32.7 Å². The Balaban J connectivity index is 0.000000720. The summed E-state index contributed by atoms with van der Waals surface area (Å²) >= 11 is 0. The summed E-state index contributed by atoms with van der Waals surface area (Å²) in [4.78, 5) is 4.12. The number of nitrogens with zero attached hydrogens (tertiary/aromatic N) is 1. The van der Waals surface area contributed by atoms with Gasteiger partial charge in [-0.05, 0) is 5.52 Å². The van der Waals surface area contributed by atoms with E-state index in [1.54, 1.807) is 6.20 Å². The van der Waals surface area contributed by atoms with Crippen LogP contribution in [0.25, 0.3) is 10.9 Å². The van der Waals surface area contributed by atoms with Crippen molar-refractivity contribution in [1.82, 2.24) is 4.98 Å². The molecule has 0 spiro atoms. The molecule has 12 heavy (non-hydrogen) atoms. The van der Waals surface area contributed by atoms with Crippen LogP contribution in [0.15, 0.2) is 30.5 Å². The van der Waals surface area contributed by atoms with Crippen molar-refractivity contribution in [2.24, 2.45) is 0 Å². The van der Waals surface area contributed by atoms with Crippen molar-refractivity contribution in [2.75, 3.05) is 5.73 Å². The minimum Gasteiger partial charge on any atom is -0.398 e. The van der Waals surface area contributed by atoms with E-state index in [1.807, 2.05) is 24.3 Å². The van der Waals surface area contributed by atoms with E-state index < -0.39 is 0 Å². The van der Waals surface area contributed by atoms with E-state index in [-0.39, 0.29) is 32.7 Å². The van der Waals surface area contributed by atoms with Gasteiger partial charge in [-0.2, -0.15) is 24.3 Å². The molecule has 3 heteroatoms. The molecule has 57 valence electrons. The monoisotopic (exact) mass is 232 g/mol. The fourth-order valence-electron chi connectivity index (χ4n) is 1.03. The predicted octanol–water partition coefficient (Wildman–Crippen LogP) is 1.61. The topological polar surface area (TPSA) is 38.9 Å². The summed E-state index contributed by atoms with van der Waals surface area (Å²) < 4.78 is 0. The third-order valence-electron chi connectivity index (χ3n) is 1.55. The Morgan fingerprint density at radius 2 is 2.25 bits per heavy atom. The second kappa shape index (κ2) is 3.97. The van der Waals surface area contributed by atoms with Crippen LogP contribution in [0.4, 0.5) is 5.69 Å². The molecule has 0 saturated carbocycles. The molecule has 0 fully saturated rings. The first-order valence-corrected chi connectivity index (χ1v) is 3.37. The summed E-state index contributed by atoms with van der Waals surface area (Å²) in [6, 6.07) is 10.5. The molecule has 2 aromatic rings. The molecule has 0 atom stereocenters. The van der Waals surface area contributed by atoms with Gasteiger partial charge in [0.25, 0.3) is 0 Å². The number of hydrogen-bond donors (Lipinski definition) is 1. The molecular formula is C9H7N2Y-. The molecule has 0 aliphatic carbocycles. The van der Waals surface area contributed by atoms with Gasteiger partial charge in [-0.1, -0.05) is 6.07 Å². The molecule has 0 aliphatic heterocycles. The summed E-state index contributed by atoms with van der Waals surface area (Å²) in [7, 11) is 0. The van der Waals surface area contributed by atoms with Gasteiger partial charge in [-0.15, -0.1) is 5.39 Å². The minimum absolute atomic E-state index is 0. The minimum atomic E-state index is 0. The number of pyridine rings is 1. The van der Waals surface area contributed by atoms with Gasteiger partial charge in [0.1, 0.15) is 0 Å². The number of nitrogens with two attached hydrogens (primary N) is 1. The van der Waals surface area contributed by atoms with Crippen molar-refractivity contribution >= 4 is 16.6 Å². The zero-order chi connectivity index (χ0) is 7.68. The molecule has 1 radical (unpaired) electrons. The van der Waals surface area contributed by atoms with Crippen LogP contribution in [-0.4, -0.2) is 4.98 Å². The van der Waals surface area contributed by atoms with Crippen molar-refractivity contribution in [3.8, 4) is 0 Å². The Bertz CT molecular complexity index is 387. The van der Waals surface area contributed by atoms with E-state index in [0.717, 1.165) is 10.9 Å². The Morgan fingerprint density at radius 1 is 1.42 bits per heavy atom. The van der Waals surface area contributed by atoms with Crippen LogP contribution in [0, 0.1) is 6.07 Å². The maximum atomic E-state index is 5.55. The van der Waals surface area contributed by atoms with E-state index in [2.05, 4.69) is 11.1 Å². The second-order valence-electron chi connectivity index (χ2n) is 2.39. The fourth-order valence-corrected chi connectivity index (χ4v) is 1.03. The normalized spacial score (nSPS) is 9.33. The average molecular weight is 232 g/mol. The molecule has 1 aromatic carbocycles. The van der Waals surface area contributed by atoms with Gasteiger partial charge in [0, 0.05) is 44.6 Å². The van der Waals surface area contributed by atoms with Gasteiger partial charge in [0.2, 0.25) is 0 Å². The maximum Gasteiger partial charge on any atom is 0.0473 e. The van der Waals surface area contributed by atoms with E-state index in [0.29, 0.717) is 5.69 Å². The molecule has 0 unspecified atom stereocenters. The molecule has 2 rings (SSSR count). The summed E-state index contributed by atoms with van der Waals surface area (Å²) in [6.07, 6.45) is 1.65. The first-order chi connectivity index (χ1) is 5.36. The molecule has 0 aliphatic rings. The maximum absolute atomic E-state index is 5.55. The Labute approximate surface area is 96.1 Å². The quantitative estimate of drug-likeness (QED) is 0.701. The number of aromatic nitrogens is 1. The van der Waals surface area contributed by atoms with Crippen LogP contribution >= 0.6 is 0 Å².